The van der Waals surface area contributed by atoms with Crippen LogP contribution >= 0.6 is 0 Å². The second-order valence-electron chi connectivity index (χ2n) is 4.04. The Kier molecular flexibility index (Phi) is 6.74. The highest BCUT2D eigenvalue weighted by Crippen LogP contribution is 2.26. The molecule has 0 fully saturated rings. The molecule has 106 valence electrons. The normalized spacial score (nSPS) is 13.1. The number of benzene rings is 1. The number of carbonyl (C=O) groups is 2. The Hall–Kier alpha value is -1.92. The van der Waals surface area contributed by atoms with Gasteiger partial charge < -0.3 is 15.3 Å². The third-order valence-electron chi connectivity index (χ3n) is 2.65. The molecule has 6 heteroatoms. The topological polar surface area (TPSA) is 98.1 Å². The van der Waals surface area contributed by atoms with Crippen LogP contribution in [0.3, 0.4) is 0 Å². The molecule has 0 saturated heterocycles. The van der Waals surface area contributed by atoms with E-state index < -0.39 is 17.7 Å². The molecular weight excluding hydrogens is 250 g/mol. The molecule has 0 saturated carbocycles. The lowest BCUT2D eigenvalue weighted by atomic mass is 9.99. The fourth-order valence-corrected chi connectivity index (χ4v) is 1.48. The van der Waals surface area contributed by atoms with Gasteiger partial charge >= 0.3 is 11.9 Å². The van der Waals surface area contributed by atoms with E-state index in [1.807, 2.05) is 56.3 Å². The summed E-state index contributed by atoms with van der Waals surface area (Å²) in [6.07, 6.45) is 0.685. The van der Waals surface area contributed by atoms with Crippen LogP contribution in [0.5, 0.6) is 0 Å². The maximum Gasteiger partial charge on any atom is 0.414 e. The predicted octanol–water partition coefficient (Wildman–Crippen LogP) is 0.959. The zero-order valence-corrected chi connectivity index (χ0v) is 11.2. The van der Waals surface area contributed by atoms with E-state index in [0.29, 0.717) is 6.42 Å². The van der Waals surface area contributed by atoms with Gasteiger partial charge in [0.05, 0.1) is 0 Å². The van der Waals surface area contributed by atoms with Gasteiger partial charge in [0, 0.05) is 0 Å². The lowest BCUT2D eigenvalue weighted by Gasteiger charge is -2.34. The van der Waals surface area contributed by atoms with Crippen LogP contribution in [0, 0.1) is 0 Å². The average Bonchev–Trinajstić information content (AvgIpc) is 2.39. The van der Waals surface area contributed by atoms with Crippen molar-refractivity contribution in [2.75, 3.05) is 14.1 Å². The van der Waals surface area contributed by atoms with Crippen LogP contribution in [0.2, 0.25) is 0 Å². The number of hydrogen-bond donors (Lipinski definition) is 3. The van der Waals surface area contributed by atoms with Gasteiger partial charge in [0.25, 0.3) is 0 Å². The Bertz CT molecular complexity index is 406. The molecule has 0 radical (unpaired) electrons. The fraction of sp³-hybridized carbons (Fsp3) is 0.385. The van der Waals surface area contributed by atoms with Crippen molar-refractivity contribution in [3.63, 3.8) is 0 Å². The van der Waals surface area contributed by atoms with Gasteiger partial charge in [-0.1, -0.05) is 37.3 Å². The standard InChI is InChI=1S/C11H17NO.C2H2O4/c1-4-11(13,12(2)3)10-8-6-5-7-9-10;3-1(4)2(5)6/h5-9,13H,4H2,1-3H3;(H,3,4)(H,5,6)/t11-;/m0./s1. The van der Waals surface area contributed by atoms with Gasteiger partial charge in [0.1, 0.15) is 5.72 Å². The van der Waals surface area contributed by atoms with Crippen molar-refractivity contribution in [3.8, 4) is 0 Å². The minimum Gasteiger partial charge on any atom is -0.473 e. The molecule has 0 aliphatic carbocycles. The number of hydrogen-bond acceptors (Lipinski definition) is 4. The van der Waals surface area contributed by atoms with Crippen molar-refractivity contribution in [1.29, 1.82) is 0 Å². The van der Waals surface area contributed by atoms with E-state index in [4.69, 9.17) is 19.8 Å². The molecule has 3 N–H and O–H groups in total. The Morgan fingerprint density at radius 3 is 1.79 bits per heavy atom. The third kappa shape index (κ3) is 5.07. The molecule has 0 amide bonds. The van der Waals surface area contributed by atoms with E-state index in [0.717, 1.165) is 5.56 Å². The zero-order chi connectivity index (χ0) is 15.1. The summed E-state index contributed by atoms with van der Waals surface area (Å²) in [6.45, 7) is 1.98. The third-order valence-corrected chi connectivity index (χ3v) is 2.65. The van der Waals surface area contributed by atoms with Crippen LogP contribution in [0.25, 0.3) is 0 Å². The highest BCUT2D eigenvalue weighted by atomic mass is 16.4. The summed E-state index contributed by atoms with van der Waals surface area (Å²) < 4.78 is 0. The van der Waals surface area contributed by atoms with Crippen LogP contribution in [-0.2, 0) is 15.3 Å². The molecule has 1 rings (SSSR count). The lowest BCUT2D eigenvalue weighted by molar-refractivity contribution is -0.159. The molecule has 1 aromatic carbocycles. The Labute approximate surface area is 111 Å². The van der Waals surface area contributed by atoms with Crippen LogP contribution in [0.4, 0.5) is 0 Å². The molecule has 1 aromatic rings. The first-order valence-electron chi connectivity index (χ1n) is 5.67. The Morgan fingerprint density at radius 1 is 1.11 bits per heavy atom. The van der Waals surface area contributed by atoms with E-state index in [1.165, 1.54) is 0 Å². The minimum absolute atomic E-state index is 0.685. The summed E-state index contributed by atoms with van der Waals surface area (Å²) in [5.74, 6) is -3.65. The van der Waals surface area contributed by atoms with Crippen molar-refractivity contribution in [2.45, 2.75) is 19.1 Å². The average molecular weight is 269 g/mol. The van der Waals surface area contributed by atoms with Crippen molar-refractivity contribution >= 4 is 11.9 Å². The molecule has 6 nitrogen and oxygen atoms in total. The second kappa shape index (κ2) is 7.50. The van der Waals surface area contributed by atoms with Gasteiger partial charge in [0.2, 0.25) is 0 Å². The van der Waals surface area contributed by atoms with Crippen LogP contribution in [0.1, 0.15) is 18.9 Å². The van der Waals surface area contributed by atoms with Gasteiger partial charge in [-0.2, -0.15) is 0 Å². The summed E-state index contributed by atoms with van der Waals surface area (Å²) in [4.78, 5) is 20.0. The van der Waals surface area contributed by atoms with Crippen LogP contribution in [0.15, 0.2) is 30.3 Å². The number of aliphatic hydroxyl groups is 1. The van der Waals surface area contributed by atoms with Crippen molar-refractivity contribution < 1.29 is 24.9 Å². The van der Waals surface area contributed by atoms with Gasteiger partial charge in [-0.05, 0) is 26.1 Å². The van der Waals surface area contributed by atoms with E-state index in [-0.39, 0.29) is 0 Å². The molecule has 0 aliphatic rings. The fourth-order valence-electron chi connectivity index (χ4n) is 1.48. The summed E-state index contributed by atoms with van der Waals surface area (Å²) >= 11 is 0. The van der Waals surface area contributed by atoms with Crippen molar-refractivity contribution in [2.24, 2.45) is 0 Å². The first-order chi connectivity index (χ1) is 8.75. The summed E-state index contributed by atoms with van der Waals surface area (Å²) in [5.41, 5.74) is 0.115. The molecule has 0 heterocycles. The SMILES string of the molecule is CC[C@](O)(c1ccccc1)N(C)C.O=C(O)C(=O)O. The number of aliphatic carboxylic acids is 2. The number of rotatable bonds is 3. The maximum atomic E-state index is 10.3. The van der Waals surface area contributed by atoms with Crippen LogP contribution < -0.4 is 0 Å². The Balaban J connectivity index is 0.000000459. The molecule has 0 spiro atoms. The number of nitrogens with zero attached hydrogens (tertiary/aromatic N) is 1. The molecule has 19 heavy (non-hydrogen) atoms. The maximum absolute atomic E-state index is 10.3. The lowest BCUT2D eigenvalue weighted by Crippen LogP contribution is -2.40. The minimum atomic E-state index is -1.82. The van der Waals surface area contributed by atoms with Gasteiger partial charge in [-0.15, -0.1) is 0 Å². The molecule has 0 aliphatic heterocycles. The van der Waals surface area contributed by atoms with E-state index >= 15 is 0 Å². The molecule has 0 aromatic heterocycles. The quantitative estimate of drug-likeness (QED) is 0.558. The summed E-state index contributed by atoms with van der Waals surface area (Å²) in [7, 11) is 3.77. The zero-order valence-electron chi connectivity index (χ0n) is 11.2. The smallest absolute Gasteiger partial charge is 0.414 e. The van der Waals surface area contributed by atoms with Gasteiger partial charge in [-0.3, -0.25) is 4.90 Å². The summed E-state index contributed by atoms with van der Waals surface area (Å²) in [5, 5.41) is 25.1. The molecule has 1 atom stereocenters. The largest absolute Gasteiger partial charge is 0.473 e. The van der Waals surface area contributed by atoms with E-state index in [1.54, 1.807) is 0 Å². The monoisotopic (exact) mass is 269 g/mol. The first kappa shape index (κ1) is 17.1. The number of carboxylic acids is 2. The van der Waals surface area contributed by atoms with E-state index in [2.05, 4.69) is 0 Å². The van der Waals surface area contributed by atoms with E-state index in [9.17, 15) is 5.11 Å². The summed E-state index contributed by atoms with van der Waals surface area (Å²) in [6, 6.07) is 9.74. The molecular formula is C13H19NO5. The van der Waals surface area contributed by atoms with Crippen molar-refractivity contribution in [3.05, 3.63) is 35.9 Å². The van der Waals surface area contributed by atoms with Crippen LogP contribution in [-0.4, -0.2) is 46.3 Å². The van der Waals surface area contributed by atoms with Crippen molar-refractivity contribution in [1.82, 2.24) is 4.90 Å². The number of carboxylic acid groups (broad SMARTS) is 2. The molecule has 0 bridgehead atoms. The molecule has 0 unspecified atom stereocenters. The van der Waals surface area contributed by atoms with Gasteiger partial charge in [0.15, 0.2) is 0 Å². The second-order valence-corrected chi connectivity index (χ2v) is 4.04. The highest BCUT2D eigenvalue weighted by molar-refractivity contribution is 6.27. The highest BCUT2D eigenvalue weighted by Gasteiger charge is 2.28. The Morgan fingerprint density at radius 2 is 1.53 bits per heavy atom. The first-order valence-corrected chi connectivity index (χ1v) is 5.67. The predicted molar refractivity (Wildman–Crippen MR) is 69.6 cm³/mol. The van der Waals surface area contributed by atoms with Gasteiger partial charge in [-0.25, -0.2) is 9.59 Å².